The van der Waals surface area contributed by atoms with Crippen molar-refractivity contribution >= 4 is 23.4 Å². The Bertz CT molecular complexity index is 641. The number of aromatic nitrogens is 1. The Morgan fingerprint density at radius 2 is 1.95 bits per heavy atom. The third-order valence-electron chi connectivity index (χ3n) is 2.43. The molecule has 0 saturated carbocycles. The number of amides is 1. The van der Waals surface area contributed by atoms with Crippen LogP contribution in [0.2, 0.25) is 0 Å². The number of hydrogen-bond donors (Lipinski definition) is 2. The van der Waals surface area contributed by atoms with Crippen LogP contribution in [0.25, 0.3) is 0 Å². The van der Waals surface area contributed by atoms with Crippen LogP contribution in [0, 0.1) is 11.6 Å². The van der Waals surface area contributed by atoms with Crippen LogP contribution < -0.4 is 11.1 Å². The van der Waals surface area contributed by atoms with Crippen molar-refractivity contribution in [1.29, 1.82) is 0 Å². The van der Waals surface area contributed by atoms with Crippen molar-refractivity contribution in [2.24, 2.45) is 0 Å². The van der Waals surface area contributed by atoms with Gasteiger partial charge < -0.3 is 11.1 Å². The molecule has 104 valence electrons. The van der Waals surface area contributed by atoms with Crippen LogP contribution in [0.4, 0.5) is 14.5 Å². The number of nitrogens with two attached hydrogens (primary N) is 1. The van der Waals surface area contributed by atoms with E-state index in [1.165, 1.54) is 19.3 Å². The van der Waals surface area contributed by atoms with Gasteiger partial charge in [0.1, 0.15) is 17.3 Å². The predicted molar refractivity (Wildman–Crippen MR) is 72.5 cm³/mol. The lowest BCUT2D eigenvalue weighted by Gasteiger charge is -2.07. The maximum absolute atomic E-state index is 13.7. The standard InChI is InChI=1S/C13H11F2N3OS/c1-17-13(19)11-6-8(2-3-18-11)20-12-9(14)4-7(16)5-10(12)15/h2-6H,16H2,1H3,(H,17,19). The molecule has 1 heterocycles. The van der Waals surface area contributed by atoms with Crippen LogP contribution in [-0.2, 0) is 0 Å². The number of nitrogen functional groups attached to an aromatic ring is 1. The Morgan fingerprint density at radius 1 is 1.30 bits per heavy atom. The van der Waals surface area contributed by atoms with Gasteiger partial charge in [-0.1, -0.05) is 11.8 Å². The first-order chi connectivity index (χ1) is 9.51. The molecule has 0 bridgehead atoms. The first kappa shape index (κ1) is 14.3. The molecule has 2 aromatic rings. The molecule has 0 radical (unpaired) electrons. The molecular weight excluding hydrogens is 284 g/mol. The Hall–Kier alpha value is -2.15. The summed E-state index contributed by atoms with van der Waals surface area (Å²) >= 11 is 0.866. The summed E-state index contributed by atoms with van der Waals surface area (Å²) in [7, 11) is 1.48. The summed E-state index contributed by atoms with van der Waals surface area (Å²) < 4.78 is 27.4. The smallest absolute Gasteiger partial charge is 0.269 e. The summed E-state index contributed by atoms with van der Waals surface area (Å²) in [6.07, 6.45) is 1.40. The Morgan fingerprint density at radius 3 is 2.55 bits per heavy atom. The number of nitrogens with zero attached hydrogens (tertiary/aromatic N) is 1. The van der Waals surface area contributed by atoms with Crippen LogP contribution in [0.15, 0.2) is 40.3 Å². The van der Waals surface area contributed by atoms with Gasteiger partial charge in [-0.3, -0.25) is 9.78 Å². The highest BCUT2D eigenvalue weighted by Crippen LogP contribution is 2.33. The molecule has 1 aromatic carbocycles. The van der Waals surface area contributed by atoms with Crippen molar-refractivity contribution in [1.82, 2.24) is 10.3 Å². The molecule has 1 aromatic heterocycles. The summed E-state index contributed by atoms with van der Waals surface area (Å²) in [6, 6.07) is 5.11. The van der Waals surface area contributed by atoms with E-state index in [1.807, 2.05) is 0 Å². The van der Waals surface area contributed by atoms with Crippen molar-refractivity contribution in [3.63, 3.8) is 0 Å². The van der Waals surface area contributed by atoms with Crippen LogP contribution >= 0.6 is 11.8 Å². The molecule has 20 heavy (non-hydrogen) atoms. The maximum atomic E-state index is 13.7. The average molecular weight is 295 g/mol. The quantitative estimate of drug-likeness (QED) is 0.854. The third kappa shape index (κ3) is 3.05. The summed E-state index contributed by atoms with van der Waals surface area (Å²) in [5.74, 6) is -1.86. The van der Waals surface area contributed by atoms with E-state index >= 15 is 0 Å². The summed E-state index contributed by atoms with van der Waals surface area (Å²) in [5, 5.41) is 2.43. The number of benzene rings is 1. The molecule has 0 atom stereocenters. The maximum Gasteiger partial charge on any atom is 0.269 e. The van der Waals surface area contributed by atoms with E-state index < -0.39 is 11.6 Å². The van der Waals surface area contributed by atoms with Crippen molar-refractivity contribution in [2.45, 2.75) is 9.79 Å². The van der Waals surface area contributed by atoms with Gasteiger partial charge >= 0.3 is 0 Å². The molecule has 0 aliphatic rings. The number of carbonyl (C=O) groups is 1. The fourth-order valence-electron chi connectivity index (χ4n) is 1.52. The van der Waals surface area contributed by atoms with E-state index in [0.29, 0.717) is 4.90 Å². The number of halogens is 2. The first-order valence-electron chi connectivity index (χ1n) is 5.61. The molecule has 0 spiro atoms. The number of carbonyl (C=O) groups excluding carboxylic acids is 1. The van der Waals surface area contributed by atoms with Crippen LogP contribution in [0.3, 0.4) is 0 Å². The van der Waals surface area contributed by atoms with E-state index in [4.69, 9.17) is 5.73 Å². The zero-order valence-corrected chi connectivity index (χ0v) is 11.3. The molecule has 3 N–H and O–H groups in total. The van der Waals surface area contributed by atoms with Crippen LogP contribution in [0.5, 0.6) is 0 Å². The van der Waals surface area contributed by atoms with E-state index in [9.17, 15) is 13.6 Å². The minimum Gasteiger partial charge on any atom is -0.399 e. The van der Waals surface area contributed by atoms with E-state index in [0.717, 1.165) is 23.9 Å². The fourth-order valence-corrected chi connectivity index (χ4v) is 2.37. The molecule has 1 amide bonds. The van der Waals surface area contributed by atoms with E-state index in [1.54, 1.807) is 6.07 Å². The van der Waals surface area contributed by atoms with Gasteiger partial charge in [0.05, 0.1) is 4.90 Å². The van der Waals surface area contributed by atoms with Gasteiger partial charge in [-0.15, -0.1) is 0 Å². The summed E-state index contributed by atoms with van der Waals surface area (Å²) in [5.41, 5.74) is 5.54. The van der Waals surface area contributed by atoms with Crippen molar-refractivity contribution < 1.29 is 13.6 Å². The number of pyridine rings is 1. The summed E-state index contributed by atoms with van der Waals surface area (Å²) in [4.78, 5) is 15.7. The molecule has 0 aliphatic carbocycles. The lowest BCUT2D eigenvalue weighted by molar-refractivity contribution is 0.0958. The Kier molecular flexibility index (Phi) is 4.19. The van der Waals surface area contributed by atoms with E-state index in [-0.39, 0.29) is 22.2 Å². The third-order valence-corrected chi connectivity index (χ3v) is 3.52. The second-order valence-electron chi connectivity index (χ2n) is 3.87. The van der Waals surface area contributed by atoms with Crippen LogP contribution in [-0.4, -0.2) is 17.9 Å². The highest BCUT2D eigenvalue weighted by Gasteiger charge is 2.13. The Labute approximate surface area is 118 Å². The van der Waals surface area contributed by atoms with Crippen molar-refractivity contribution in [3.8, 4) is 0 Å². The monoisotopic (exact) mass is 295 g/mol. The van der Waals surface area contributed by atoms with Gasteiger partial charge in [-0.2, -0.15) is 0 Å². The zero-order chi connectivity index (χ0) is 14.7. The minimum atomic E-state index is -0.745. The van der Waals surface area contributed by atoms with Gasteiger partial charge in [0.25, 0.3) is 5.91 Å². The molecule has 0 unspecified atom stereocenters. The average Bonchev–Trinajstić information content (AvgIpc) is 2.42. The highest BCUT2D eigenvalue weighted by molar-refractivity contribution is 7.99. The number of hydrogen-bond acceptors (Lipinski definition) is 4. The number of nitrogens with one attached hydrogen (secondary N) is 1. The number of rotatable bonds is 3. The first-order valence-corrected chi connectivity index (χ1v) is 6.43. The molecule has 0 aliphatic heterocycles. The molecule has 2 rings (SSSR count). The molecule has 7 heteroatoms. The minimum absolute atomic E-state index is 0.0186. The summed E-state index contributed by atoms with van der Waals surface area (Å²) in [6.45, 7) is 0. The fraction of sp³-hybridized carbons (Fsp3) is 0.0769. The Balaban J connectivity index is 2.33. The van der Waals surface area contributed by atoms with Crippen molar-refractivity contribution in [2.75, 3.05) is 12.8 Å². The largest absolute Gasteiger partial charge is 0.399 e. The zero-order valence-electron chi connectivity index (χ0n) is 10.5. The highest BCUT2D eigenvalue weighted by atomic mass is 32.2. The number of anilines is 1. The molecular formula is C13H11F2N3OS. The second-order valence-corrected chi connectivity index (χ2v) is 4.96. The van der Waals surface area contributed by atoms with E-state index in [2.05, 4.69) is 10.3 Å². The SMILES string of the molecule is CNC(=O)c1cc(Sc2c(F)cc(N)cc2F)ccn1. The molecule has 0 saturated heterocycles. The van der Waals surface area contributed by atoms with Gasteiger partial charge in [-0.05, 0) is 24.3 Å². The van der Waals surface area contributed by atoms with Crippen molar-refractivity contribution in [3.05, 3.63) is 47.8 Å². The van der Waals surface area contributed by atoms with Gasteiger partial charge in [0.15, 0.2) is 0 Å². The van der Waals surface area contributed by atoms with Crippen LogP contribution in [0.1, 0.15) is 10.5 Å². The predicted octanol–water partition coefficient (Wildman–Crippen LogP) is 2.45. The lowest BCUT2D eigenvalue weighted by Crippen LogP contribution is -2.18. The van der Waals surface area contributed by atoms with Gasteiger partial charge in [0, 0.05) is 23.8 Å². The second kappa shape index (κ2) is 5.87. The normalized spacial score (nSPS) is 10.3. The lowest BCUT2D eigenvalue weighted by atomic mass is 10.3. The van der Waals surface area contributed by atoms with Gasteiger partial charge in [0.2, 0.25) is 0 Å². The molecule has 0 fully saturated rings. The molecule has 4 nitrogen and oxygen atoms in total. The van der Waals surface area contributed by atoms with Gasteiger partial charge in [-0.25, -0.2) is 8.78 Å². The topological polar surface area (TPSA) is 68.0 Å².